The van der Waals surface area contributed by atoms with Crippen molar-refractivity contribution in [3.8, 4) is 0 Å². The third kappa shape index (κ3) is 1.98. The zero-order chi connectivity index (χ0) is 9.26. The van der Waals surface area contributed by atoms with Crippen LogP contribution in [0.4, 0.5) is 11.9 Å². The number of nitrogens with one attached hydrogen (secondary N) is 1. The summed E-state index contributed by atoms with van der Waals surface area (Å²) in [4.78, 5) is 11.5. The molecule has 0 aliphatic heterocycles. The molecular weight excluding hydrogens is 190 g/mol. The van der Waals surface area contributed by atoms with Gasteiger partial charge in [0.15, 0.2) is 0 Å². The van der Waals surface area contributed by atoms with E-state index in [4.69, 9.17) is 17.3 Å². The molecule has 1 aromatic rings. The molecular formula is C7H10ClN5. The summed E-state index contributed by atoms with van der Waals surface area (Å²) in [5.41, 5.74) is 5.41. The van der Waals surface area contributed by atoms with E-state index in [1.165, 1.54) is 6.42 Å². The van der Waals surface area contributed by atoms with Crippen molar-refractivity contribution in [1.29, 1.82) is 0 Å². The van der Waals surface area contributed by atoms with Crippen molar-refractivity contribution >= 4 is 23.5 Å². The molecule has 6 heteroatoms. The fourth-order valence-electron chi connectivity index (χ4n) is 1.17. The van der Waals surface area contributed by atoms with Gasteiger partial charge >= 0.3 is 0 Å². The molecule has 1 aliphatic rings. The quantitative estimate of drug-likeness (QED) is 0.745. The monoisotopic (exact) mass is 199 g/mol. The molecule has 2 rings (SSSR count). The van der Waals surface area contributed by atoms with Gasteiger partial charge in [-0.25, -0.2) is 0 Å². The highest BCUT2D eigenvalue weighted by molar-refractivity contribution is 6.28. The predicted molar refractivity (Wildman–Crippen MR) is 50.5 cm³/mol. The molecule has 1 heterocycles. The lowest BCUT2D eigenvalue weighted by molar-refractivity contribution is 0.443. The topological polar surface area (TPSA) is 76.7 Å². The number of anilines is 2. The smallest absolute Gasteiger partial charge is 0.229 e. The second-order valence-electron chi connectivity index (χ2n) is 3.06. The Balaban J connectivity index is 2.10. The van der Waals surface area contributed by atoms with Crippen molar-refractivity contribution in [2.75, 3.05) is 11.1 Å². The Bertz CT molecular complexity index is 292. The van der Waals surface area contributed by atoms with Gasteiger partial charge in [-0.05, 0) is 30.9 Å². The number of nitrogens with zero attached hydrogens (tertiary/aromatic N) is 3. The second-order valence-corrected chi connectivity index (χ2v) is 3.40. The van der Waals surface area contributed by atoms with Crippen LogP contribution in [0.5, 0.6) is 0 Å². The lowest BCUT2D eigenvalue weighted by atomic mass is 9.93. The molecule has 0 saturated heterocycles. The number of rotatable bonds is 2. The van der Waals surface area contributed by atoms with Crippen molar-refractivity contribution in [2.45, 2.75) is 25.3 Å². The van der Waals surface area contributed by atoms with Crippen LogP contribution in [0.2, 0.25) is 5.28 Å². The van der Waals surface area contributed by atoms with Crippen molar-refractivity contribution in [3.05, 3.63) is 5.28 Å². The molecule has 70 valence electrons. The number of aromatic nitrogens is 3. The Kier molecular flexibility index (Phi) is 2.18. The summed E-state index contributed by atoms with van der Waals surface area (Å²) >= 11 is 5.61. The number of nitrogen functional groups attached to an aromatic ring is 1. The minimum Gasteiger partial charge on any atom is -0.368 e. The SMILES string of the molecule is Nc1nc(Cl)nc(NC2CCC2)n1. The van der Waals surface area contributed by atoms with Gasteiger partial charge in [0, 0.05) is 6.04 Å². The molecule has 5 nitrogen and oxygen atoms in total. The van der Waals surface area contributed by atoms with Crippen LogP contribution >= 0.6 is 11.6 Å². The summed E-state index contributed by atoms with van der Waals surface area (Å²) in [5.74, 6) is 0.629. The highest BCUT2D eigenvalue weighted by Gasteiger charge is 2.18. The van der Waals surface area contributed by atoms with E-state index < -0.39 is 0 Å². The summed E-state index contributed by atoms with van der Waals surface area (Å²) in [6.45, 7) is 0. The molecule has 0 aromatic carbocycles. The fourth-order valence-corrected chi connectivity index (χ4v) is 1.33. The largest absolute Gasteiger partial charge is 0.368 e. The third-order valence-electron chi connectivity index (χ3n) is 2.06. The van der Waals surface area contributed by atoms with Gasteiger partial charge in [0.2, 0.25) is 17.2 Å². The Morgan fingerprint density at radius 1 is 1.31 bits per heavy atom. The lowest BCUT2D eigenvalue weighted by Crippen LogP contribution is -2.28. The summed E-state index contributed by atoms with van der Waals surface area (Å²) in [5, 5.41) is 3.27. The van der Waals surface area contributed by atoms with E-state index in [0.717, 1.165) is 12.8 Å². The Morgan fingerprint density at radius 2 is 2.08 bits per heavy atom. The average molecular weight is 200 g/mol. The normalized spacial score (nSPS) is 16.7. The summed E-state index contributed by atoms with van der Waals surface area (Å²) in [6, 6.07) is 0.470. The van der Waals surface area contributed by atoms with Crippen LogP contribution in [-0.2, 0) is 0 Å². The van der Waals surface area contributed by atoms with Crippen LogP contribution in [0.25, 0.3) is 0 Å². The lowest BCUT2D eigenvalue weighted by Gasteiger charge is -2.26. The maximum absolute atomic E-state index is 5.61. The highest BCUT2D eigenvalue weighted by atomic mass is 35.5. The molecule has 0 atom stereocenters. The van der Waals surface area contributed by atoms with Gasteiger partial charge in [-0.1, -0.05) is 0 Å². The predicted octanol–water partition coefficient (Wildman–Crippen LogP) is 1.07. The van der Waals surface area contributed by atoms with Gasteiger partial charge < -0.3 is 11.1 Å². The first kappa shape index (κ1) is 8.50. The standard InChI is InChI=1S/C7H10ClN5/c8-5-11-6(9)13-7(12-5)10-4-2-1-3-4/h4H,1-3H2,(H3,9,10,11,12,13). The van der Waals surface area contributed by atoms with Gasteiger partial charge in [-0.2, -0.15) is 15.0 Å². The fraction of sp³-hybridized carbons (Fsp3) is 0.571. The van der Waals surface area contributed by atoms with Crippen molar-refractivity contribution in [2.24, 2.45) is 0 Å². The van der Waals surface area contributed by atoms with E-state index >= 15 is 0 Å². The third-order valence-corrected chi connectivity index (χ3v) is 2.23. The molecule has 0 spiro atoms. The van der Waals surface area contributed by atoms with Crippen LogP contribution in [0.1, 0.15) is 19.3 Å². The van der Waals surface area contributed by atoms with Gasteiger partial charge in [-0.3, -0.25) is 0 Å². The zero-order valence-electron chi connectivity index (χ0n) is 7.00. The van der Waals surface area contributed by atoms with E-state index in [1.54, 1.807) is 0 Å². The van der Waals surface area contributed by atoms with Gasteiger partial charge in [0.05, 0.1) is 0 Å². The van der Waals surface area contributed by atoms with Crippen LogP contribution in [-0.4, -0.2) is 21.0 Å². The zero-order valence-corrected chi connectivity index (χ0v) is 7.75. The molecule has 13 heavy (non-hydrogen) atoms. The molecule has 0 bridgehead atoms. The first-order valence-corrected chi connectivity index (χ1v) is 4.55. The maximum Gasteiger partial charge on any atom is 0.229 e. The van der Waals surface area contributed by atoms with E-state index in [-0.39, 0.29) is 11.2 Å². The Morgan fingerprint density at radius 3 is 2.62 bits per heavy atom. The molecule has 0 radical (unpaired) electrons. The van der Waals surface area contributed by atoms with E-state index in [0.29, 0.717) is 12.0 Å². The number of halogens is 1. The average Bonchev–Trinajstić information content (AvgIpc) is 1.95. The molecule has 0 unspecified atom stereocenters. The van der Waals surface area contributed by atoms with E-state index in [9.17, 15) is 0 Å². The minimum atomic E-state index is 0.134. The molecule has 3 N–H and O–H groups in total. The Labute approximate surface area is 80.7 Å². The molecule has 1 aromatic heterocycles. The van der Waals surface area contributed by atoms with Crippen LogP contribution in [0.15, 0.2) is 0 Å². The van der Waals surface area contributed by atoms with Crippen LogP contribution in [0, 0.1) is 0 Å². The highest BCUT2D eigenvalue weighted by Crippen LogP contribution is 2.21. The van der Waals surface area contributed by atoms with Crippen molar-refractivity contribution in [1.82, 2.24) is 15.0 Å². The molecule has 1 saturated carbocycles. The van der Waals surface area contributed by atoms with Crippen molar-refractivity contribution in [3.63, 3.8) is 0 Å². The number of nitrogens with two attached hydrogens (primary N) is 1. The minimum absolute atomic E-state index is 0.134. The molecule has 1 fully saturated rings. The van der Waals surface area contributed by atoms with Gasteiger partial charge in [0.1, 0.15) is 0 Å². The molecule has 0 amide bonds. The maximum atomic E-state index is 5.61. The van der Waals surface area contributed by atoms with Crippen LogP contribution < -0.4 is 11.1 Å². The van der Waals surface area contributed by atoms with E-state index in [1.807, 2.05) is 0 Å². The summed E-state index contributed by atoms with van der Waals surface area (Å²) < 4.78 is 0. The first-order chi connectivity index (χ1) is 6.24. The summed E-state index contributed by atoms with van der Waals surface area (Å²) in [6.07, 6.45) is 3.57. The Hall–Kier alpha value is -1.10. The first-order valence-electron chi connectivity index (χ1n) is 4.17. The molecule has 1 aliphatic carbocycles. The number of hydrogen-bond acceptors (Lipinski definition) is 5. The van der Waals surface area contributed by atoms with E-state index in [2.05, 4.69) is 20.3 Å². The van der Waals surface area contributed by atoms with Crippen LogP contribution in [0.3, 0.4) is 0 Å². The van der Waals surface area contributed by atoms with Gasteiger partial charge in [-0.15, -0.1) is 0 Å². The number of hydrogen-bond donors (Lipinski definition) is 2. The second kappa shape index (κ2) is 3.33. The van der Waals surface area contributed by atoms with Crippen molar-refractivity contribution < 1.29 is 0 Å². The summed E-state index contributed by atoms with van der Waals surface area (Å²) in [7, 11) is 0. The van der Waals surface area contributed by atoms with Gasteiger partial charge in [0.25, 0.3) is 0 Å².